The molecule has 27 heavy (non-hydrogen) atoms. The van der Waals surface area contributed by atoms with Crippen LogP contribution in [-0.4, -0.2) is 35.5 Å². The van der Waals surface area contributed by atoms with Crippen molar-refractivity contribution in [1.29, 1.82) is 0 Å². The smallest absolute Gasteiger partial charge is 0.195 e. The van der Waals surface area contributed by atoms with Crippen molar-refractivity contribution in [3.63, 3.8) is 0 Å². The number of carbonyl (C=O) groups is 1. The third kappa shape index (κ3) is 2.18. The number of fused-ring (bicyclic) bond motifs is 5. The van der Waals surface area contributed by atoms with Gasteiger partial charge in [-0.3, -0.25) is 4.79 Å². The van der Waals surface area contributed by atoms with E-state index in [0.717, 1.165) is 44.9 Å². The molecular formula is C23H34O4. The molecule has 4 aliphatic carbocycles. The highest BCUT2D eigenvalue weighted by Gasteiger charge is 2.70. The minimum absolute atomic E-state index is 0.157. The first kappa shape index (κ1) is 18.3. The number of hydrogen-bond acceptors (Lipinski definition) is 4. The first-order valence-electron chi connectivity index (χ1n) is 11.0. The number of ether oxygens (including phenoxy) is 2. The Hall–Kier alpha value is -0.710. The van der Waals surface area contributed by atoms with Crippen LogP contribution in [0.4, 0.5) is 0 Å². The average Bonchev–Trinajstić information content (AvgIpc) is 3.19. The van der Waals surface area contributed by atoms with Crippen molar-refractivity contribution in [2.75, 3.05) is 13.2 Å². The molecule has 0 aromatic rings. The fourth-order valence-electron chi connectivity index (χ4n) is 8.07. The zero-order valence-electron chi connectivity index (χ0n) is 17.1. The average molecular weight is 375 g/mol. The monoisotopic (exact) mass is 374 g/mol. The largest absolute Gasteiger partial charge is 0.384 e. The molecule has 150 valence electrons. The van der Waals surface area contributed by atoms with Crippen LogP contribution in [0, 0.1) is 28.6 Å². The highest BCUT2D eigenvalue weighted by molar-refractivity contribution is 5.91. The number of allylic oxidation sites excluding steroid dienone is 1. The predicted molar refractivity (Wildman–Crippen MR) is 102 cm³/mol. The Bertz CT molecular complexity index is 692. The minimum atomic E-state index is -0.911. The van der Waals surface area contributed by atoms with Crippen molar-refractivity contribution >= 4 is 5.78 Å². The Kier molecular flexibility index (Phi) is 3.85. The zero-order chi connectivity index (χ0) is 19.1. The Labute approximate surface area is 162 Å². The maximum absolute atomic E-state index is 12.0. The molecule has 3 saturated carbocycles. The van der Waals surface area contributed by atoms with Gasteiger partial charge in [-0.25, -0.2) is 0 Å². The summed E-state index contributed by atoms with van der Waals surface area (Å²) < 4.78 is 12.0. The molecule has 0 bridgehead atoms. The molecule has 4 heteroatoms. The Morgan fingerprint density at radius 2 is 1.67 bits per heavy atom. The lowest BCUT2D eigenvalue weighted by atomic mass is 9.46. The van der Waals surface area contributed by atoms with Crippen molar-refractivity contribution in [1.82, 2.24) is 0 Å². The maximum atomic E-state index is 12.0. The first-order valence-corrected chi connectivity index (χ1v) is 11.0. The van der Waals surface area contributed by atoms with Gasteiger partial charge in [0.25, 0.3) is 0 Å². The van der Waals surface area contributed by atoms with E-state index in [4.69, 9.17) is 9.47 Å². The van der Waals surface area contributed by atoms with E-state index in [0.29, 0.717) is 43.2 Å². The molecule has 0 unspecified atom stereocenters. The molecule has 5 aliphatic rings. The van der Waals surface area contributed by atoms with Crippen LogP contribution in [0.1, 0.15) is 72.1 Å². The molecule has 0 radical (unpaired) electrons. The van der Waals surface area contributed by atoms with Gasteiger partial charge < -0.3 is 14.6 Å². The van der Waals surface area contributed by atoms with E-state index in [-0.39, 0.29) is 10.8 Å². The van der Waals surface area contributed by atoms with E-state index in [9.17, 15) is 9.90 Å². The van der Waals surface area contributed by atoms with Crippen LogP contribution >= 0.6 is 0 Å². The van der Waals surface area contributed by atoms with Crippen LogP contribution in [-0.2, 0) is 14.3 Å². The second-order valence-corrected chi connectivity index (χ2v) is 10.5. The molecule has 0 aromatic carbocycles. The summed E-state index contributed by atoms with van der Waals surface area (Å²) in [7, 11) is 0. The lowest BCUT2D eigenvalue weighted by Crippen LogP contribution is -2.63. The number of rotatable bonds is 1. The molecule has 0 aromatic heterocycles. The summed E-state index contributed by atoms with van der Waals surface area (Å²) in [4.78, 5) is 12.0. The van der Waals surface area contributed by atoms with Crippen LogP contribution in [0.2, 0.25) is 0 Å². The van der Waals surface area contributed by atoms with Gasteiger partial charge in [0.1, 0.15) is 5.60 Å². The Balaban J connectivity index is 1.49. The predicted octanol–water partition coefficient (Wildman–Crippen LogP) is 4.01. The van der Waals surface area contributed by atoms with Gasteiger partial charge >= 0.3 is 0 Å². The SMILES string of the molecule is CC1([C@@]2(O)CC[C@H]3[C@@H]4CCC5=CC(=O)CC[C@]5(C)[C@H]4CC[C@@]32C)OCCO1. The van der Waals surface area contributed by atoms with E-state index in [1.807, 2.05) is 13.0 Å². The molecule has 1 heterocycles. The second-order valence-electron chi connectivity index (χ2n) is 10.5. The van der Waals surface area contributed by atoms with E-state index < -0.39 is 11.4 Å². The highest BCUT2D eigenvalue weighted by atomic mass is 16.7. The van der Waals surface area contributed by atoms with E-state index >= 15 is 0 Å². The fourth-order valence-corrected chi connectivity index (χ4v) is 8.07. The van der Waals surface area contributed by atoms with Crippen molar-refractivity contribution in [2.45, 2.75) is 83.5 Å². The summed E-state index contributed by atoms with van der Waals surface area (Å²) in [5, 5.41) is 11.9. The molecule has 5 rings (SSSR count). The number of hydrogen-bond donors (Lipinski definition) is 1. The first-order chi connectivity index (χ1) is 12.7. The van der Waals surface area contributed by atoms with Crippen LogP contribution < -0.4 is 0 Å². The standard InChI is InChI=1S/C23H34O4/c1-20-9-6-16(24)14-15(20)4-5-17-18(20)7-10-21(2)19(17)8-11-23(21,25)22(3)26-12-13-27-22/h14,17-19,25H,4-13H2,1-3H3/t17-,18+,19+,20+,21+,23-/m1/s1. The van der Waals surface area contributed by atoms with Crippen LogP contribution in [0.15, 0.2) is 11.6 Å². The molecule has 4 nitrogen and oxygen atoms in total. The maximum Gasteiger partial charge on any atom is 0.195 e. The molecule has 4 fully saturated rings. The van der Waals surface area contributed by atoms with Crippen LogP contribution in [0.3, 0.4) is 0 Å². The van der Waals surface area contributed by atoms with E-state index in [2.05, 4.69) is 13.8 Å². The molecule has 6 atom stereocenters. The summed E-state index contributed by atoms with van der Waals surface area (Å²) >= 11 is 0. The Morgan fingerprint density at radius 3 is 2.41 bits per heavy atom. The van der Waals surface area contributed by atoms with Crippen molar-refractivity contribution in [2.24, 2.45) is 28.6 Å². The quantitative estimate of drug-likeness (QED) is 0.753. The third-order valence-electron chi connectivity index (χ3n) is 9.70. The summed E-state index contributed by atoms with van der Waals surface area (Å²) in [5.41, 5.74) is 0.524. The van der Waals surface area contributed by atoms with Crippen molar-refractivity contribution in [3.8, 4) is 0 Å². The van der Waals surface area contributed by atoms with Gasteiger partial charge in [-0.05, 0) is 81.1 Å². The molecule has 0 spiro atoms. The summed E-state index contributed by atoms with van der Waals surface area (Å²) in [6.07, 6.45) is 9.89. The van der Waals surface area contributed by atoms with Gasteiger partial charge in [-0.1, -0.05) is 19.4 Å². The zero-order valence-corrected chi connectivity index (χ0v) is 17.1. The normalized spacial score (nSPS) is 51.3. The van der Waals surface area contributed by atoms with Gasteiger partial charge in [-0.2, -0.15) is 0 Å². The molecule has 1 N–H and O–H groups in total. The summed E-state index contributed by atoms with van der Waals surface area (Å²) in [6, 6.07) is 0. The fraction of sp³-hybridized carbons (Fsp3) is 0.870. The van der Waals surface area contributed by atoms with Gasteiger partial charge in [0, 0.05) is 11.8 Å². The van der Waals surface area contributed by atoms with Crippen molar-refractivity contribution < 1.29 is 19.4 Å². The number of carbonyl (C=O) groups excluding carboxylic acids is 1. The topological polar surface area (TPSA) is 55.8 Å². The third-order valence-corrected chi connectivity index (χ3v) is 9.70. The van der Waals surface area contributed by atoms with Crippen molar-refractivity contribution in [3.05, 3.63) is 11.6 Å². The van der Waals surface area contributed by atoms with Crippen LogP contribution in [0.5, 0.6) is 0 Å². The molecular weight excluding hydrogens is 340 g/mol. The Morgan fingerprint density at radius 1 is 0.963 bits per heavy atom. The minimum Gasteiger partial charge on any atom is -0.384 e. The van der Waals surface area contributed by atoms with Crippen LogP contribution in [0.25, 0.3) is 0 Å². The molecule has 1 saturated heterocycles. The van der Waals surface area contributed by atoms with Gasteiger partial charge in [0.05, 0.1) is 13.2 Å². The van der Waals surface area contributed by atoms with Gasteiger partial charge in [0.2, 0.25) is 0 Å². The van der Waals surface area contributed by atoms with Gasteiger partial charge in [-0.15, -0.1) is 0 Å². The molecule has 1 aliphatic heterocycles. The molecule has 0 amide bonds. The lowest BCUT2D eigenvalue weighted by molar-refractivity contribution is -0.299. The summed E-state index contributed by atoms with van der Waals surface area (Å²) in [5.74, 6) is 1.24. The van der Waals surface area contributed by atoms with Gasteiger partial charge in [0.15, 0.2) is 11.6 Å². The number of ketones is 1. The number of aliphatic hydroxyl groups is 1. The lowest BCUT2D eigenvalue weighted by Gasteiger charge is -2.60. The van der Waals surface area contributed by atoms with E-state index in [1.165, 1.54) is 5.57 Å². The van der Waals surface area contributed by atoms with E-state index in [1.54, 1.807) is 0 Å². The highest BCUT2D eigenvalue weighted by Crippen LogP contribution is 2.69. The summed E-state index contributed by atoms with van der Waals surface area (Å²) in [6.45, 7) is 7.82. The second kappa shape index (κ2) is 5.67.